The third-order valence-electron chi connectivity index (χ3n) is 1.50. The molecule has 0 aliphatic carbocycles. The second kappa shape index (κ2) is 5.02. The molecule has 0 aromatic heterocycles. The van der Waals surface area contributed by atoms with Crippen LogP contribution in [-0.4, -0.2) is 11.3 Å². The highest BCUT2D eigenvalue weighted by Crippen LogP contribution is 2.22. The van der Waals surface area contributed by atoms with Gasteiger partial charge < -0.3 is 11.1 Å². The first-order valence-electron chi connectivity index (χ1n) is 4.38. The maximum atomic E-state index is 10.7. The number of benzene rings is 1. The molecule has 1 aromatic carbocycles. The Balaban J connectivity index is 2.63. The summed E-state index contributed by atoms with van der Waals surface area (Å²) in [6.07, 6.45) is 0. The number of hydrogen-bond donors (Lipinski definition) is 2. The molecule has 0 saturated heterocycles. The molecule has 0 aliphatic rings. The average molecular weight is 210 g/mol. The SMILES string of the molecule is CC(=O)Nc1ccc(SC(C)N)cc1. The topological polar surface area (TPSA) is 55.1 Å². The fraction of sp³-hybridized carbons (Fsp3) is 0.300. The number of hydrogen-bond acceptors (Lipinski definition) is 3. The maximum absolute atomic E-state index is 10.7. The van der Waals surface area contributed by atoms with E-state index in [0.717, 1.165) is 10.6 Å². The van der Waals surface area contributed by atoms with Gasteiger partial charge >= 0.3 is 0 Å². The number of rotatable bonds is 3. The van der Waals surface area contributed by atoms with E-state index in [0.29, 0.717) is 0 Å². The van der Waals surface area contributed by atoms with Crippen molar-refractivity contribution >= 4 is 23.4 Å². The summed E-state index contributed by atoms with van der Waals surface area (Å²) >= 11 is 1.59. The Morgan fingerprint density at radius 1 is 1.43 bits per heavy atom. The molecule has 1 atom stereocenters. The highest BCUT2D eigenvalue weighted by atomic mass is 32.2. The summed E-state index contributed by atoms with van der Waals surface area (Å²) in [5.74, 6) is -0.0578. The van der Waals surface area contributed by atoms with Gasteiger partial charge in [-0.05, 0) is 31.2 Å². The van der Waals surface area contributed by atoms with Crippen molar-refractivity contribution in [2.24, 2.45) is 5.73 Å². The molecule has 76 valence electrons. The Labute approximate surface area is 88.1 Å². The number of amides is 1. The fourth-order valence-electron chi connectivity index (χ4n) is 1.03. The van der Waals surface area contributed by atoms with Crippen molar-refractivity contribution < 1.29 is 4.79 Å². The number of carbonyl (C=O) groups excluding carboxylic acids is 1. The summed E-state index contributed by atoms with van der Waals surface area (Å²) in [5, 5.41) is 2.79. The van der Waals surface area contributed by atoms with Gasteiger partial charge in [-0.25, -0.2) is 0 Å². The summed E-state index contributed by atoms with van der Waals surface area (Å²) in [6.45, 7) is 3.43. The summed E-state index contributed by atoms with van der Waals surface area (Å²) in [5.41, 5.74) is 6.45. The van der Waals surface area contributed by atoms with Gasteiger partial charge in [-0.1, -0.05) is 0 Å². The summed E-state index contributed by atoms with van der Waals surface area (Å²) in [7, 11) is 0. The first kappa shape index (κ1) is 11.1. The molecule has 0 bridgehead atoms. The third-order valence-corrected chi connectivity index (χ3v) is 2.41. The zero-order valence-corrected chi connectivity index (χ0v) is 9.10. The Morgan fingerprint density at radius 2 is 2.00 bits per heavy atom. The summed E-state index contributed by atoms with van der Waals surface area (Å²) in [6, 6.07) is 7.62. The number of carbonyl (C=O) groups is 1. The van der Waals surface area contributed by atoms with E-state index in [1.807, 2.05) is 31.2 Å². The van der Waals surface area contributed by atoms with E-state index < -0.39 is 0 Å². The Bertz CT molecular complexity index is 308. The van der Waals surface area contributed by atoms with Gasteiger partial charge in [0, 0.05) is 17.5 Å². The van der Waals surface area contributed by atoms with Gasteiger partial charge in [0.1, 0.15) is 0 Å². The molecule has 0 heterocycles. The van der Waals surface area contributed by atoms with E-state index in [1.165, 1.54) is 6.92 Å². The van der Waals surface area contributed by atoms with Crippen molar-refractivity contribution in [1.82, 2.24) is 0 Å². The van der Waals surface area contributed by atoms with Crippen LogP contribution in [-0.2, 0) is 4.79 Å². The first-order valence-corrected chi connectivity index (χ1v) is 5.26. The van der Waals surface area contributed by atoms with Crippen LogP contribution < -0.4 is 11.1 Å². The van der Waals surface area contributed by atoms with Crippen LogP contribution in [0.3, 0.4) is 0 Å². The van der Waals surface area contributed by atoms with Crippen molar-refractivity contribution in [3.05, 3.63) is 24.3 Å². The molecule has 0 spiro atoms. The molecule has 0 aliphatic heterocycles. The monoisotopic (exact) mass is 210 g/mol. The van der Waals surface area contributed by atoms with Gasteiger partial charge in [-0.2, -0.15) is 0 Å². The van der Waals surface area contributed by atoms with Crippen molar-refractivity contribution in [2.45, 2.75) is 24.1 Å². The van der Waals surface area contributed by atoms with Crippen LogP contribution in [0, 0.1) is 0 Å². The zero-order chi connectivity index (χ0) is 10.6. The zero-order valence-electron chi connectivity index (χ0n) is 8.28. The minimum absolute atomic E-state index is 0.0578. The molecule has 3 N–H and O–H groups in total. The van der Waals surface area contributed by atoms with Crippen molar-refractivity contribution in [2.75, 3.05) is 5.32 Å². The molecule has 0 fully saturated rings. The maximum Gasteiger partial charge on any atom is 0.221 e. The van der Waals surface area contributed by atoms with Gasteiger partial charge in [0.05, 0.1) is 5.37 Å². The Kier molecular flexibility index (Phi) is 3.98. The lowest BCUT2D eigenvalue weighted by atomic mass is 10.3. The number of thioether (sulfide) groups is 1. The molecule has 0 radical (unpaired) electrons. The second-order valence-electron chi connectivity index (χ2n) is 3.03. The van der Waals surface area contributed by atoms with E-state index in [2.05, 4.69) is 5.32 Å². The number of nitrogens with one attached hydrogen (secondary N) is 1. The standard InChI is InChI=1S/C10H14N2OS/c1-7(11)14-10-5-3-9(4-6-10)12-8(2)13/h3-7H,11H2,1-2H3,(H,12,13). The van der Waals surface area contributed by atoms with E-state index in [-0.39, 0.29) is 11.3 Å². The highest BCUT2D eigenvalue weighted by Gasteiger charge is 1.99. The summed E-state index contributed by atoms with van der Waals surface area (Å²) < 4.78 is 0. The molecule has 4 heteroatoms. The molecule has 14 heavy (non-hydrogen) atoms. The van der Waals surface area contributed by atoms with Crippen LogP contribution in [0.2, 0.25) is 0 Å². The molecule has 1 amide bonds. The number of nitrogens with two attached hydrogens (primary N) is 1. The lowest BCUT2D eigenvalue weighted by Gasteiger charge is -2.06. The predicted molar refractivity (Wildman–Crippen MR) is 60.3 cm³/mol. The predicted octanol–water partition coefficient (Wildman–Crippen LogP) is 2.04. The second-order valence-corrected chi connectivity index (χ2v) is 4.48. The molecule has 3 nitrogen and oxygen atoms in total. The van der Waals surface area contributed by atoms with Crippen LogP contribution in [0.1, 0.15) is 13.8 Å². The fourth-order valence-corrected chi connectivity index (χ4v) is 1.76. The molecule has 1 aromatic rings. The molecular weight excluding hydrogens is 196 g/mol. The van der Waals surface area contributed by atoms with Crippen LogP contribution in [0.25, 0.3) is 0 Å². The first-order chi connectivity index (χ1) is 6.58. The van der Waals surface area contributed by atoms with Crippen LogP contribution in [0.15, 0.2) is 29.2 Å². The van der Waals surface area contributed by atoms with Crippen LogP contribution in [0.4, 0.5) is 5.69 Å². The minimum atomic E-state index is -0.0578. The van der Waals surface area contributed by atoms with E-state index in [1.54, 1.807) is 11.8 Å². The van der Waals surface area contributed by atoms with Crippen molar-refractivity contribution in [3.8, 4) is 0 Å². The highest BCUT2D eigenvalue weighted by molar-refractivity contribution is 7.99. The van der Waals surface area contributed by atoms with Crippen molar-refractivity contribution in [3.63, 3.8) is 0 Å². The van der Waals surface area contributed by atoms with E-state index in [4.69, 9.17) is 5.73 Å². The van der Waals surface area contributed by atoms with Gasteiger partial charge in [0.15, 0.2) is 0 Å². The normalized spacial score (nSPS) is 12.2. The van der Waals surface area contributed by atoms with Crippen LogP contribution in [0.5, 0.6) is 0 Å². The minimum Gasteiger partial charge on any atom is -0.326 e. The molecule has 1 unspecified atom stereocenters. The number of anilines is 1. The van der Waals surface area contributed by atoms with Crippen molar-refractivity contribution in [1.29, 1.82) is 0 Å². The van der Waals surface area contributed by atoms with E-state index >= 15 is 0 Å². The smallest absolute Gasteiger partial charge is 0.221 e. The lowest BCUT2D eigenvalue weighted by molar-refractivity contribution is -0.114. The van der Waals surface area contributed by atoms with Crippen LogP contribution >= 0.6 is 11.8 Å². The Morgan fingerprint density at radius 3 is 2.43 bits per heavy atom. The Hall–Kier alpha value is -1.00. The largest absolute Gasteiger partial charge is 0.326 e. The summed E-state index contributed by atoms with van der Waals surface area (Å²) in [4.78, 5) is 11.8. The van der Waals surface area contributed by atoms with Gasteiger partial charge in [0.2, 0.25) is 5.91 Å². The molecule has 0 saturated carbocycles. The van der Waals surface area contributed by atoms with E-state index in [9.17, 15) is 4.79 Å². The molecule has 1 rings (SSSR count). The van der Waals surface area contributed by atoms with Gasteiger partial charge in [-0.15, -0.1) is 11.8 Å². The lowest BCUT2D eigenvalue weighted by Crippen LogP contribution is -2.08. The van der Waals surface area contributed by atoms with Gasteiger partial charge in [0.25, 0.3) is 0 Å². The average Bonchev–Trinajstić information content (AvgIpc) is 2.06. The van der Waals surface area contributed by atoms with Gasteiger partial charge in [-0.3, -0.25) is 4.79 Å². The third kappa shape index (κ3) is 3.81. The quantitative estimate of drug-likeness (QED) is 0.593. The molecular formula is C10H14N2OS.